The maximum atomic E-state index is 6.19. The lowest BCUT2D eigenvalue weighted by Gasteiger charge is -2.15. The molecule has 6 heteroatoms. The van der Waals surface area contributed by atoms with Crippen molar-refractivity contribution in [2.24, 2.45) is 4.99 Å². The normalized spacial score (nSPS) is 15.1. The van der Waals surface area contributed by atoms with Gasteiger partial charge in [-0.05, 0) is 43.4 Å². The van der Waals surface area contributed by atoms with Crippen molar-refractivity contribution in [1.82, 2.24) is 10.6 Å². The van der Waals surface area contributed by atoms with Gasteiger partial charge in [-0.3, -0.25) is 4.99 Å². The summed E-state index contributed by atoms with van der Waals surface area (Å²) in [5, 5.41) is 8.09. The molecule has 0 atom stereocenters. The van der Waals surface area contributed by atoms with Crippen molar-refractivity contribution in [2.75, 3.05) is 33.4 Å². The second-order valence-electron chi connectivity index (χ2n) is 5.70. The highest BCUT2D eigenvalue weighted by molar-refractivity contribution is 6.35. The van der Waals surface area contributed by atoms with E-state index in [1.54, 1.807) is 13.1 Å². The number of halogens is 2. The van der Waals surface area contributed by atoms with E-state index in [1.165, 1.54) is 5.57 Å². The summed E-state index contributed by atoms with van der Waals surface area (Å²) in [5.74, 6) is 0.838. The topological polar surface area (TPSA) is 45.7 Å². The lowest BCUT2D eigenvalue weighted by Crippen LogP contribution is -2.38. The first kappa shape index (κ1) is 19.1. The highest BCUT2D eigenvalue weighted by atomic mass is 35.5. The predicted octanol–water partition coefficient (Wildman–Crippen LogP) is 3.83. The molecule has 1 heterocycles. The van der Waals surface area contributed by atoms with Crippen LogP contribution in [0.1, 0.15) is 24.8 Å². The Morgan fingerprint density at radius 2 is 2.04 bits per heavy atom. The van der Waals surface area contributed by atoms with Crippen LogP contribution >= 0.6 is 23.2 Å². The zero-order chi connectivity index (χ0) is 17.2. The Bertz CT molecular complexity index is 588. The number of aryl methyl sites for hydroxylation is 1. The molecule has 0 unspecified atom stereocenters. The van der Waals surface area contributed by atoms with E-state index in [0.29, 0.717) is 5.02 Å². The van der Waals surface area contributed by atoms with Gasteiger partial charge in [-0.15, -0.1) is 0 Å². The zero-order valence-electron chi connectivity index (χ0n) is 14.1. The van der Waals surface area contributed by atoms with Gasteiger partial charge in [0, 0.05) is 30.2 Å². The molecule has 0 radical (unpaired) electrons. The average molecular weight is 370 g/mol. The Kier molecular flexibility index (Phi) is 8.43. The summed E-state index contributed by atoms with van der Waals surface area (Å²) in [6.07, 6.45) is 6.13. The van der Waals surface area contributed by atoms with Gasteiger partial charge in [0.2, 0.25) is 0 Å². The van der Waals surface area contributed by atoms with Crippen LogP contribution in [-0.4, -0.2) is 39.3 Å². The summed E-state index contributed by atoms with van der Waals surface area (Å²) in [7, 11) is 1.79. The lowest BCUT2D eigenvalue weighted by molar-refractivity contribution is 0.153. The zero-order valence-corrected chi connectivity index (χ0v) is 15.6. The summed E-state index contributed by atoms with van der Waals surface area (Å²) in [6.45, 7) is 3.31. The molecule has 0 saturated heterocycles. The van der Waals surface area contributed by atoms with Gasteiger partial charge in [0.25, 0.3) is 0 Å². The number of nitrogens with one attached hydrogen (secondary N) is 2. The number of nitrogens with zero attached hydrogens (tertiary/aromatic N) is 1. The molecule has 1 aliphatic rings. The molecule has 24 heavy (non-hydrogen) atoms. The minimum Gasteiger partial charge on any atom is -0.377 e. The SMILES string of the molecule is CN=C(NCCCc1ccc(Cl)cc1Cl)NCCC1=CCOCC1. The Morgan fingerprint density at radius 1 is 1.21 bits per heavy atom. The van der Waals surface area contributed by atoms with Crippen LogP contribution in [0.2, 0.25) is 10.0 Å². The molecule has 4 nitrogen and oxygen atoms in total. The van der Waals surface area contributed by atoms with Gasteiger partial charge in [0.05, 0.1) is 13.2 Å². The fourth-order valence-electron chi connectivity index (χ4n) is 2.56. The van der Waals surface area contributed by atoms with Crippen molar-refractivity contribution in [3.8, 4) is 0 Å². The molecule has 0 bridgehead atoms. The van der Waals surface area contributed by atoms with Crippen molar-refractivity contribution in [3.63, 3.8) is 0 Å². The first-order valence-electron chi connectivity index (χ1n) is 8.33. The number of hydrogen-bond acceptors (Lipinski definition) is 2. The monoisotopic (exact) mass is 369 g/mol. The Hall–Kier alpha value is -1.23. The lowest BCUT2D eigenvalue weighted by atomic mass is 10.1. The summed E-state index contributed by atoms with van der Waals surface area (Å²) in [6, 6.07) is 5.65. The third-order valence-corrected chi connectivity index (χ3v) is 4.54. The Balaban J connectivity index is 1.63. The van der Waals surface area contributed by atoms with Crippen LogP contribution in [0.25, 0.3) is 0 Å². The summed E-state index contributed by atoms with van der Waals surface area (Å²) >= 11 is 12.1. The number of rotatable bonds is 7. The van der Waals surface area contributed by atoms with Gasteiger partial charge in [0.15, 0.2) is 5.96 Å². The highest BCUT2D eigenvalue weighted by Crippen LogP contribution is 2.21. The number of hydrogen-bond donors (Lipinski definition) is 2. The standard InChI is InChI=1S/C18H25Cl2N3O/c1-21-18(23-10-6-14-7-11-24-12-8-14)22-9-2-3-15-4-5-16(19)13-17(15)20/h4-5,7,13H,2-3,6,8-12H2,1H3,(H2,21,22,23). The summed E-state index contributed by atoms with van der Waals surface area (Å²) < 4.78 is 5.32. The Morgan fingerprint density at radius 3 is 2.75 bits per heavy atom. The molecular formula is C18H25Cl2N3O. The number of ether oxygens (including phenoxy) is 1. The second-order valence-corrected chi connectivity index (χ2v) is 6.55. The molecule has 1 aromatic rings. The molecule has 0 spiro atoms. The van der Waals surface area contributed by atoms with E-state index in [4.69, 9.17) is 27.9 Å². The first-order chi connectivity index (χ1) is 11.7. The van der Waals surface area contributed by atoms with Crippen LogP contribution in [0.5, 0.6) is 0 Å². The number of aliphatic imine (C=N–C) groups is 1. The Labute approximate surface area is 154 Å². The first-order valence-corrected chi connectivity index (χ1v) is 9.08. The van der Waals surface area contributed by atoms with Crippen molar-refractivity contribution in [3.05, 3.63) is 45.5 Å². The second kappa shape index (κ2) is 10.6. The molecule has 0 aliphatic carbocycles. The van der Waals surface area contributed by atoms with Gasteiger partial charge in [0.1, 0.15) is 0 Å². The minimum atomic E-state index is 0.672. The fraction of sp³-hybridized carbons (Fsp3) is 0.500. The van der Waals surface area contributed by atoms with Crippen molar-refractivity contribution in [2.45, 2.75) is 25.7 Å². The van der Waals surface area contributed by atoms with Crippen LogP contribution < -0.4 is 10.6 Å². The van der Waals surface area contributed by atoms with Gasteiger partial charge in [-0.1, -0.05) is 40.9 Å². The molecule has 0 fully saturated rings. The van der Waals surface area contributed by atoms with E-state index in [-0.39, 0.29) is 0 Å². The van der Waals surface area contributed by atoms with Gasteiger partial charge in [-0.2, -0.15) is 0 Å². The summed E-state index contributed by atoms with van der Waals surface area (Å²) in [4.78, 5) is 4.25. The maximum absolute atomic E-state index is 6.19. The third-order valence-electron chi connectivity index (χ3n) is 3.95. The summed E-state index contributed by atoms with van der Waals surface area (Å²) in [5.41, 5.74) is 2.58. The smallest absolute Gasteiger partial charge is 0.190 e. The van der Waals surface area contributed by atoms with Gasteiger partial charge in [-0.25, -0.2) is 0 Å². The van der Waals surface area contributed by atoms with E-state index in [1.807, 2.05) is 12.1 Å². The molecule has 1 aromatic carbocycles. The minimum absolute atomic E-state index is 0.672. The largest absolute Gasteiger partial charge is 0.377 e. The molecule has 1 aliphatic heterocycles. The van der Waals surface area contributed by atoms with E-state index >= 15 is 0 Å². The molecule has 0 aromatic heterocycles. The van der Waals surface area contributed by atoms with E-state index in [2.05, 4.69) is 21.7 Å². The number of benzene rings is 1. The van der Waals surface area contributed by atoms with Crippen LogP contribution in [0.15, 0.2) is 34.8 Å². The fourth-order valence-corrected chi connectivity index (χ4v) is 3.07. The van der Waals surface area contributed by atoms with Crippen molar-refractivity contribution >= 4 is 29.2 Å². The maximum Gasteiger partial charge on any atom is 0.190 e. The van der Waals surface area contributed by atoms with Crippen LogP contribution in [0.4, 0.5) is 0 Å². The van der Waals surface area contributed by atoms with E-state index in [0.717, 1.165) is 68.5 Å². The quantitative estimate of drug-likeness (QED) is 0.332. The van der Waals surface area contributed by atoms with Crippen molar-refractivity contribution < 1.29 is 4.74 Å². The highest BCUT2D eigenvalue weighted by Gasteiger charge is 2.05. The van der Waals surface area contributed by atoms with E-state index in [9.17, 15) is 0 Å². The molecule has 0 amide bonds. The molecular weight excluding hydrogens is 345 g/mol. The van der Waals surface area contributed by atoms with Crippen LogP contribution in [0, 0.1) is 0 Å². The van der Waals surface area contributed by atoms with E-state index < -0.39 is 0 Å². The molecule has 132 valence electrons. The van der Waals surface area contributed by atoms with Gasteiger partial charge >= 0.3 is 0 Å². The third kappa shape index (κ3) is 6.71. The molecule has 0 saturated carbocycles. The van der Waals surface area contributed by atoms with Crippen molar-refractivity contribution in [1.29, 1.82) is 0 Å². The molecule has 2 rings (SSSR count). The van der Waals surface area contributed by atoms with Crippen LogP contribution in [-0.2, 0) is 11.2 Å². The molecule has 2 N–H and O–H groups in total. The predicted molar refractivity (Wildman–Crippen MR) is 102 cm³/mol. The van der Waals surface area contributed by atoms with Crippen LogP contribution in [0.3, 0.4) is 0 Å². The van der Waals surface area contributed by atoms with Gasteiger partial charge < -0.3 is 15.4 Å². The number of guanidine groups is 1. The average Bonchev–Trinajstić information content (AvgIpc) is 2.59.